The van der Waals surface area contributed by atoms with Crippen molar-refractivity contribution >= 4 is 40.5 Å². The number of carbonyl (C=O) groups excluding carboxylic acids is 3. The summed E-state index contributed by atoms with van der Waals surface area (Å²) in [4.78, 5) is 58.3. The van der Waals surface area contributed by atoms with Gasteiger partial charge in [0.1, 0.15) is 12.0 Å². The van der Waals surface area contributed by atoms with Crippen LogP contribution in [0.25, 0.3) is 0 Å². The lowest BCUT2D eigenvalue weighted by Crippen LogP contribution is -2.39. The minimum atomic E-state index is -1.89. The SMILES string of the molecule is CNC1=C(C(C)=O)C2=C(CC1=C=O)C2(OOCC(=O)O)C(=O)OC1CCC(C(=N)SC)CC1. The van der Waals surface area contributed by atoms with Crippen molar-refractivity contribution < 1.29 is 38.8 Å². The Morgan fingerprint density at radius 1 is 1.27 bits per heavy atom. The number of ether oxygens (including phenoxy) is 1. The number of likely N-dealkylation sites (N-methyl/N-ethyl adjacent to an activating group) is 1. The maximum atomic E-state index is 13.3. The van der Waals surface area contributed by atoms with Gasteiger partial charge in [-0.25, -0.2) is 24.2 Å². The molecular weight excluding hydrogens is 452 g/mol. The summed E-state index contributed by atoms with van der Waals surface area (Å²) in [6.07, 6.45) is 3.96. The summed E-state index contributed by atoms with van der Waals surface area (Å²) < 4.78 is 5.72. The number of hydrogen-bond donors (Lipinski definition) is 3. The van der Waals surface area contributed by atoms with Crippen LogP contribution in [0.1, 0.15) is 39.0 Å². The molecular formula is C22H26N2O8S. The number of hydrogen-bond acceptors (Lipinski definition) is 10. The van der Waals surface area contributed by atoms with Crippen LogP contribution in [0.3, 0.4) is 0 Å². The predicted octanol–water partition coefficient (Wildman–Crippen LogP) is 1.73. The third-order valence-electron chi connectivity index (χ3n) is 6.09. The molecule has 1 fully saturated rings. The summed E-state index contributed by atoms with van der Waals surface area (Å²) in [5, 5.41) is 20.3. The molecule has 3 aliphatic carbocycles. The molecule has 1 unspecified atom stereocenters. The zero-order chi connectivity index (χ0) is 24.3. The Morgan fingerprint density at radius 2 is 1.94 bits per heavy atom. The molecule has 0 spiro atoms. The van der Waals surface area contributed by atoms with Crippen molar-refractivity contribution in [1.82, 2.24) is 5.32 Å². The highest BCUT2D eigenvalue weighted by Gasteiger charge is 2.67. The van der Waals surface area contributed by atoms with Gasteiger partial charge < -0.3 is 15.2 Å². The molecule has 33 heavy (non-hydrogen) atoms. The third kappa shape index (κ3) is 4.67. The number of ketones is 1. The topological polar surface area (TPSA) is 152 Å². The Balaban J connectivity index is 1.85. The van der Waals surface area contributed by atoms with Gasteiger partial charge in [-0.3, -0.25) is 10.2 Å². The second kappa shape index (κ2) is 10.0. The molecule has 0 aromatic rings. The maximum absolute atomic E-state index is 13.3. The molecule has 0 saturated heterocycles. The zero-order valence-corrected chi connectivity index (χ0v) is 19.4. The summed E-state index contributed by atoms with van der Waals surface area (Å²) in [6, 6.07) is 0. The number of aliphatic carboxylic acids is 1. The molecule has 0 amide bonds. The van der Waals surface area contributed by atoms with Crippen LogP contribution in [-0.4, -0.2) is 65.4 Å². The van der Waals surface area contributed by atoms with Gasteiger partial charge in [-0.1, -0.05) is 0 Å². The smallest absolute Gasteiger partial charge is 0.351 e. The number of carboxylic acids is 1. The van der Waals surface area contributed by atoms with Gasteiger partial charge in [0.15, 0.2) is 12.4 Å². The minimum Gasteiger partial charge on any atom is -0.479 e. The van der Waals surface area contributed by atoms with Crippen molar-refractivity contribution in [2.24, 2.45) is 5.92 Å². The maximum Gasteiger partial charge on any atom is 0.351 e. The quantitative estimate of drug-likeness (QED) is 0.112. The number of rotatable bonds is 9. The van der Waals surface area contributed by atoms with Gasteiger partial charge in [0.05, 0.1) is 16.3 Å². The van der Waals surface area contributed by atoms with Gasteiger partial charge in [-0.15, -0.1) is 11.8 Å². The van der Waals surface area contributed by atoms with Crippen LogP contribution in [0.15, 0.2) is 28.0 Å². The highest BCUT2D eigenvalue weighted by atomic mass is 32.2. The number of esters is 1. The van der Waals surface area contributed by atoms with Gasteiger partial charge in [0, 0.05) is 30.5 Å². The van der Waals surface area contributed by atoms with Crippen LogP contribution in [0.4, 0.5) is 0 Å². The van der Waals surface area contributed by atoms with E-state index in [-0.39, 0.29) is 34.8 Å². The number of Topliss-reactive ketones (excluding diaryl/α,β-unsaturated/α-hetero) is 1. The summed E-state index contributed by atoms with van der Waals surface area (Å²) in [5.74, 6) is -0.603. The number of allylic oxidation sites excluding steroid dienone is 1. The monoisotopic (exact) mass is 478 g/mol. The fourth-order valence-corrected chi connectivity index (χ4v) is 5.04. The lowest BCUT2D eigenvalue weighted by Gasteiger charge is -2.29. The lowest BCUT2D eigenvalue weighted by molar-refractivity contribution is -0.324. The standard InChI is InChI=1S/C22H26N2O8S/c1-11(26)17-18-15(8-13(9-25)19(17)24-2)22(18,32-30-10-16(27)28)21(29)31-14-6-4-12(5-7-14)20(23)33-3/h12,14,23-24H,4-8,10H2,1-3H3,(H,27,28). The molecule has 3 N–H and O–H groups in total. The first-order chi connectivity index (χ1) is 15.7. The van der Waals surface area contributed by atoms with E-state index in [0.717, 1.165) is 0 Å². The third-order valence-corrected chi connectivity index (χ3v) is 6.86. The van der Waals surface area contributed by atoms with E-state index in [4.69, 9.17) is 25.0 Å². The average molecular weight is 479 g/mol. The van der Waals surface area contributed by atoms with Crippen LogP contribution in [0.2, 0.25) is 0 Å². The van der Waals surface area contributed by atoms with E-state index >= 15 is 0 Å². The van der Waals surface area contributed by atoms with Crippen molar-refractivity contribution in [3.63, 3.8) is 0 Å². The molecule has 0 aromatic heterocycles. The molecule has 3 rings (SSSR count). The molecule has 0 aromatic carbocycles. The predicted molar refractivity (Wildman–Crippen MR) is 118 cm³/mol. The van der Waals surface area contributed by atoms with Gasteiger partial charge >= 0.3 is 11.9 Å². The molecule has 1 atom stereocenters. The molecule has 3 aliphatic rings. The molecule has 0 radical (unpaired) electrons. The van der Waals surface area contributed by atoms with Gasteiger partial charge in [-0.2, -0.15) is 0 Å². The number of carboxylic acid groups (broad SMARTS) is 1. The first kappa shape index (κ1) is 24.9. The highest BCUT2D eigenvalue weighted by Crippen LogP contribution is 2.58. The van der Waals surface area contributed by atoms with E-state index < -0.39 is 36.0 Å². The largest absolute Gasteiger partial charge is 0.479 e. The molecule has 0 aliphatic heterocycles. The molecule has 10 nitrogen and oxygen atoms in total. The molecule has 1 saturated carbocycles. The van der Waals surface area contributed by atoms with E-state index in [1.807, 2.05) is 6.26 Å². The Kier molecular flexibility index (Phi) is 7.58. The summed E-state index contributed by atoms with van der Waals surface area (Å²) in [7, 11) is 1.54. The molecule has 0 bridgehead atoms. The first-order valence-corrected chi connectivity index (χ1v) is 11.7. The molecule has 0 heterocycles. The van der Waals surface area contributed by atoms with Crippen molar-refractivity contribution in [1.29, 1.82) is 5.41 Å². The highest BCUT2D eigenvalue weighted by molar-refractivity contribution is 8.13. The lowest BCUT2D eigenvalue weighted by atomic mass is 9.88. The van der Waals surface area contributed by atoms with Crippen molar-refractivity contribution in [2.45, 2.75) is 50.7 Å². The number of carbonyl (C=O) groups is 3. The van der Waals surface area contributed by atoms with Gasteiger partial charge in [0.2, 0.25) is 5.60 Å². The zero-order valence-electron chi connectivity index (χ0n) is 18.6. The van der Waals surface area contributed by atoms with Gasteiger partial charge in [0.25, 0.3) is 0 Å². The summed E-state index contributed by atoms with van der Waals surface area (Å²) in [5.41, 5.74) is -0.868. The average Bonchev–Trinajstić information content (AvgIpc) is 3.44. The van der Waals surface area contributed by atoms with Crippen LogP contribution in [-0.2, 0) is 33.7 Å². The van der Waals surface area contributed by atoms with Crippen LogP contribution in [0, 0.1) is 11.3 Å². The van der Waals surface area contributed by atoms with E-state index in [1.165, 1.54) is 25.7 Å². The second-order valence-electron chi connectivity index (χ2n) is 8.03. The Morgan fingerprint density at radius 3 is 2.45 bits per heavy atom. The van der Waals surface area contributed by atoms with E-state index in [0.29, 0.717) is 36.3 Å². The van der Waals surface area contributed by atoms with Crippen LogP contribution < -0.4 is 5.32 Å². The number of thioether (sulfide) groups is 1. The molecule has 178 valence electrons. The van der Waals surface area contributed by atoms with Crippen molar-refractivity contribution in [3.05, 3.63) is 28.0 Å². The van der Waals surface area contributed by atoms with E-state index in [2.05, 4.69) is 5.32 Å². The first-order valence-electron chi connectivity index (χ1n) is 10.5. The van der Waals surface area contributed by atoms with Crippen LogP contribution in [0.5, 0.6) is 0 Å². The fourth-order valence-electron chi connectivity index (χ4n) is 4.47. The normalized spacial score (nSPS) is 26.3. The summed E-state index contributed by atoms with van der Waals surface area (Å²) in [6.45, 7) is 0.464. The fraction of sp³-hybridized carbons (Fsp3) is 0.545. The van der Waals surface area contributed by atoms with Crippen molar-refractivity contribution in [3.8, 4) is 0 Å². The summed E-state index contributed by atoms with van der Waals surface area (Å²) >= 11 is 1.40. The van der Waals surface area contributed by atoms with E-state index in [9.17, 15) is 19.2 Å². The van der Waals surface area contributed by atoms with Crippen molar-refractivity contribution in [2.75, 3.05) is 19.9 Å². The van der Waals surface area contributed by atoms with E-state index in [1.54, 1.807) is 5.94 Å². The Labute approximate surface area is 194 Å². The number of nitrogens with one attached hydrogen (secondary N) is 2. The Bertz CT molecular complexity index is 1000. The van der Waals surface area contributed by atoms with Crippen LogP contribution >= 0.6 is 11.8 Å². The Hall–Kier alpha value is -2.72. The molecule has 11 heteroatoms. The van der Waals surface area contributed by atoms with Gasteiger partial charge in [-0.05, 0) is 44.4 Å². The minimum absolute atomic E-state index is 0.0189. The second-order valence-corrected chi connectivity index (χ2v) is 8.88.